The first-order valence-corrected chi connectivity index (χ1v) is 10.9. The lowest BCUT2D eigenvalue weighted by Crippen LogP contribution is -2.44. The maximum absolute atomic E-state index is 13.1. The number of pyridine rings is 1. The smallest absolute Gasteiger partial charge is 0.248 e. The Labute approximate surface area is 201 Å². The molecule has 2 amide bonds. The minimum Gasteiger partial charge on any atom is -0.457 e. The molecule has 0 aliphatic carbocycles. The standard InChI is InChI=1S/C26H24FN5O3/c1-16-29-15-21(30-16)14-24(31-17(2)33)26(34)32-25-13-19(11-12-28-25)18-3-7-22(8-4-18)35-23-9-5-20(27)6-10-23/h3-13,15,24H,14H2,1-2H3,(H,29,30)(H,31,33)(H,28,32,34). The van der Waals surface area contributed by atoms with Crippen molar-refractivity contribution in [1.82, 2.24) is 20.3 Å². The van der Waals surface area contributed by atoms with Crippen LogP contribution in [0.4, 0.5) is 10.2 Å². The summed E-state index contributed by atoms with van der Waals surface area (Å²) in [5.41, 5.74) is 2.46. The molecule has 0 radical (unpaired) electrons. The van der Waals surface area contributed by atoms with Crippen molar-refractivity contribution in [1.29, 1.82) is 0 Å². The maximum atomic E-state index is 13.1. The SMILES string of the molecule is CC(=O)NC(Cc1cnc(C)[nH]1)C(=O)Nc1cc(-c2ccc(Oc3ccc(F)cc3)cc2)ccn1. The zero-order valence-electron chi connectivity index (χ0n) is 19.2. The van der Waals surface area contributed by atoms with Crippen LogP contribution in [0.25, 0.3) is 11.1 Å². The molecule has 0 fully saturated rings. The molecule has 2 heterocycles. The van der Waals surface area contributed by atoms with Crippen LogP contribution in [0.2, 0.25) is 0 Å². The lowest BCUT2D eigenvalue weighted by atomic mass is 10.1. The van der Waals surface area contributed by atoms with Gasteiger partial charge in [0.2, 0.25) is 11.8 Å². The van der Waals surface area contributed by atoms with Crippen LogP contribution in [0.5, 0.6) is 11.5 Å². The molecule has 2 aromatic heterocycles. The fourth-order valence-corrected chi connectivity index (χ4v) is 3.50. The van der Waals surface area contributed by atoms with E-state index in [0.717, 1.165) is 22.6 Å². The van der Waals surface area contributed by atoms with Crippen molar-refractivity contribution in [3.05, 3.63) is 90.4 Å². The van der Waals surface area contributed by atoms with Gasteiger partial charge in [0.05, 0.1) is 0 Å². The van der Waals surface area contributed by atoms with Crippen LogP contribution >= 0.6 is 0 Å². The Balaban J connectivity index is 1.45. The number of benzene rings is 2. The van der Waals surface area contributed by atoms with Gasteiger partial charge in [-0.1, -0.05) is 12.1 Å². The Morgan fingerprint density at radius 1 is 1.00 bits per heavy atom. The largest absolute Gasteiger partial charge is 0.457 e. The third-order valence-corrected chi connectivity index (χ3v) is 5.12. The monoisotopic (exact) mass is 473 g/mol. The zero-order chi connectivity index (χ0) is 24.8. The third kappa shape index (κ3) is 6.50. The molecule has 8 nitrogen and oxygen atoms in total. The lowest BCUT2D eigenvalue weighted by Gasteiger charge is -2.17. The molecule has 2 aromatic carbocycles. The number of aromatic nitrogens is 3. The van der Waals surface area contributed by atoms with Crippen LogP contribution in [-0.4, -0.2) is 32.8 Å². The molecule has 0 saturated carbocycles. The number of rotatable bonds is 8. The molecule has 1 unspecified atom stereocenters. The van der Waals surface area contributed by atoms with E-state index in [1.807, 2.05) is 25.1 Å². The van der Waals surface area contributed by atoms with E-state index in [4.69, 9.17) is 4.74 Å². The average Bonchev–Trinajstić information content (AvgIpc) is 3.25. The first kappa shape index (κ1) is 23.6. The van der Waals surface area contributed by atoms with Crippen molar-refractivity contribution >= 4 is 17.6 Å². The van der Waals surface area contributed by atoms with Gasteiger partial charge in [-0.3, -0.25) is 9.59 Å². The number of aryl methyl sites for hydroxylation is 1. The number of anilines is 1. The van der Waals surface area contributed by atoms with E-state index in [1.165, 1.54) is 19.1 Å². The third-order valence-electron chi connectivity index (χ3n) is 5.12. The summed E-state index contributed by atoms with van der Waals surface area (Å²) in [4.78, 5) is 36.0. The van der Waals surface area contributed by atoms with Crippen LogP contribution in [-0.2, 0) is 16.0 Å². The molecule has 0 saturated heterocycles. The number of hydrogen-bond acceptors (Lipinski definition) is 5. The van der Waals surface area contributed by atoms with Gasteiger partial charge in [-0.25, -0.2) is 14.4 Å². The first-order valence-electron chi connectivity index (χ1n) is 10.9. The van der Waals surface area contributed by atoms with E-state index < -0.39 is 6.04 Å². The number of nitrogens with zero attached hydrogens (tertiary/aromatic N) is 2. The highest BCUT2D eigenvalue weighted by molar-refractivity contribution is 5.96. The van der Waals surface area contributed by atoms with Crippen molar-refractivity contribution in [3.8, 4) is 22.6 Å². The number of halogens is 1. The van der Waals surface area contributed by atoms with E-state index in [1.54, 1.807) is 42.7 Å². The number of aromatic amines is 1. The van der Waals surface area contributed by atoms with Crippen molar-refractivity contribution in [2.45, 2.75) is 26.3 Å². The van der Waals surface area contributed by atoms with Crippen LogP contribution in [0, 0.1) is 12.7 Å². The number of hydrogen-bond donors (Lipinski definition) is 3. The van der Waals surface area contributed by atoms with E-state index in [-0.39, 0.29) is 24.1 Å². The van der Waals surface area contributed by atoms with Gasteiger partial charge in [0.25, 0.3) is 0 Å². The summed E-state index contributed by atoms with van der Waals surface area (Å²) < 4.78 is 18.8. The average molecular weight is 474 g/mol. The van der Waals surface area contributed by atoms with E-state index in [2.05, 4.69) is 25.6 Å². The van der Waals surface area contributed by atoms with Crippen LogP contribution in [0.1, 0.15) is 18.4 Å². The fraction of sp³-hybridized carbons (Fsp3) is 0.154. The second-order valence-corrected chi connectivity index (χ2v) is 7.95. The van der Waals surface area contributed by atoms with Gasteiger partial charge < -0.3 is 20.4 Å². The summed E-state index contributed by atoms with van der Waals surface area (Å²) in [5, 5.41) is 5.45. The van der Waals surface area contributed by atoms with E-state index in [0.29, 0.717) is 17.3 Å². The van der Waals surface area contributed by atoms with Crippen molar-refractivity contribution in [2.24, 2.45) is 0 Å². The number of imidazole rings is 1. The minimum absolute atomic E-state index is 0.265. The fourth-order valence-electron chi connectivity index (χ4n) is 3.50. The van der Waals surface area contributed by atoms with Crippen molar-refractivity contribution in [3.63, 3.8) is 0 Å². The van der Waals surface area contributed by atoms with Gasteiger partial charge >= 0.3 is 0 Å². The highest BCUT2D eigenvalue weighted by Gasteiger charge is 2.21. The molecule has 178 valence electrons. The van der Waals surface area contributed by atoms with Crippen molar-refractivity contribution in [2.75, 3.05) is 5.32 Å². The van der Waals surface area contributed by atoms with Gasteiger partial charge in [-0.2, -0.15) is 0 Å². The Morgan fingerprint density at radius 2 is 1.69 bits per heavy atom. The molecule has 35 heavy (non-hydrogen) atoms. The number of ether oxygens (including phenoxy) is 1. The van der Waals surface area contributed by atoms with Gasteiger partial charge in [-0.15, -0.1) is 0 Å². The van der Waals surface area contributed by atoms with Crippen LogP contribution < -0.4 is 15.4 Å². The summed E-state index contributed by atoms with van der Waals surface area (Å²) in [5.74, 6) is 1.20. The van der Waals surface area contributed by atoms with Gasteiger partial charge in [-0.05, 0) is 66.6 Å². The summed E-state index contributed by atoms with van der Waals surface area (Å²) in [7, 11) is 0. The number of carbonyl (C=O) groups excluding carboxylic acids is 2. The first-order chi connectivity index (χ1) is 16.9. The van der Waals surface area contributed by atoms with Gasteiger partial charge in [0.1, 0.15) is 35.0 Å². The molecular weight excluding hydrogens is 449 g/mol. The highest BCUT2D eigenvalue weighted by atomic mass is 19.1. The molecule has 0 aliphatic rings. The van der Waals surface area contributed by atoms with E-state index in [9.17, 15) is 14.0 Å². The Kier molecular flexibility index (Phi) is 7.15. The topological polar surface area (TPSA) is 109 Å². The van der Waals surface area contributed by atoms with Crippen LogP contribution in [0.3, 0.4) is 0 Å². The Morgan fingerprint density at radius 3 is 2.31 bits per heavy atom. The number of carbonyl (C=O) groups is 2. The molecule has 9 heteroatoms. The molecule has 0 aliphatic heterocycles. The molecule has 0 spiro atoms. The summed E-state index contributed by atoms with van der Waals surface area (Å²) in [6, 6.07) is 15.9. The summed E-state index contributed by atoms with van der Waals surface area (Å²) in [6.45, 7) is 3.18. The normalized spacial score (nSPS) is 11.5. The van der Waals surface area contributed by atoms with E-state index >= 15 is 0 Å². The lowest BCUT2D eigenvalue weighted by molar-refractivity contribution is -0.125. The molecule has 4 aromatic rings. The maximum Gasteiger partial charge on any atom is 0.248 e. The van der Waals surface area contributed by atoms with Gasteiger partial charge in [0.15, 0.2) is 0 Å². The highest BCUT2D eigenvalue weighted by Crippen LogP contribution is 2.27. The summed E-state index contributed by atoms with van der Waals surface area (Å²) >= 11 is 0. The Hall–Kier alpha value is -4.53. The predicted molar refractivity (Wildman–Crippen MR) is 129 cm³/mol. The summed E-state index contributed by atoms with van der Waals surface area (Å²) in [6.07, 6.45) is 3.50. The van der Waals surface area contributed by atoms with Gasteiger partial charge in [0, 0.05) is 31.4 Å². The number of amides is 2. The second kappa shape index (κ2) is 10.6. The van der Waals surface area contributed by atoms with Crippen molar-refractivity contribution < 1.29 is 18.7 Å². The second-order valence-electron chi connectivity index (χ2n) is 7.95. The quantitative estimate of drug-likeness (QED) is 0.352. The molecular formula is C26H24FN5O3. The number of H-pyrrole nitrogens is 1. The molecule has 0 bridgehead atoms. The number of nitrogens with one attached hydrogen (secondary N) is 3. The van der Waals surface area contributed by atoms with Crippen LogP contribution in [0.15, 0.2) is 73.1 Å². The predicted octanol–water partition coefficient (Wildman–Crippen LogP) is 4.40. The minimum atomic E-state index is -0.791. The Bertz CT molecular complexity index is 1320. The zero-order valence-corrected chi connectivity index (χ0v) is 19.2. The molecule has 3 N–H and O–H groups in total. The molecule has 4 rings (SSSR count). The molecule has 1 atom stereocenters.